The lowest BCUT2D eigenvalue weighted by atomic mass is 9.70. The lowest BCUT2D eigenvalue weighted by molar-refractivity contribution is 0.793. The molecule has 0 atom stereocenters. The van der Waals surface area contributed by atoms with Gasteiger partial charge in [-0.1, -0.05) is 163 Å². The number of nitrogens with zero attached hydrogens (tertiary/aromatic N) is 1. The number of anilines is 3. The number of hydrogen-bond acceptors (Lipinski definition) is 1. The fraction of sp³-hybridized carbons (Fsp3) is 0.0588. The van der Waals surface area contributed by atoms with E-state index in [4.69, 9.17) is 0 Å². The van der Waals surface area contributed by atoms with Gasteiger partial charge in [0, 0.05) is 16.9 Å². The lowest BCUT2D eigenvalue weighted by Gasteiger charge is -2.32. The van der Waals surface area contributed by atoms with Crippen LogP contribution in [-0.2, 0) is 5.41 Å². The molecular formula is C51H37N. The van der Waals surface area contributed by atoms with E-state index in [9.17, 15) is 0 Å². The minimum atomic E-state index is -0.410. The van der Waals surface area contributed by atoms with Crippen molar-refractivity contribution in [1.82, 2.24) is 0 Å². The Labute approximate surface area is 306 Å². The Morgan fingerprint density at radius 2 is 0.846 bits per heavy atom. The Kier molecular flexibility index (Phi) is 6.91. The lowest BCUT2D eigenvalue weighted by Crippen LogP contribution is -2.26. The summed E-state index contributed by atoms with van der Waals surface area (Å²) >= 11 is 0. The Balaban J connectivity index is 1.23. The average Bonchev–Trinajstić information content (AvgIpc) is 3.67. The maximum Gasteiger partial charge on any atom is 0.0726 e. The second kappa shape index (κ2) is 11.8. The third kappa shape index (κ3) is 4.42. The van der Waals surface area contributed by atoms with Crippen molar-refractivity contribution in [2.75, 3.05) is 4.90 Å². The van der Waals surface area contributed by atoms with Crippen LogP contribution < -0.4 is 4.90 Å². The first-order valence-corrected chi connectivity index (χ1v) is 18.2. The maximum atomic E-state index is 2.48. The van der Waals surface area contributed by atoms with Crippen LogP contribution in [0.2, 0.25) is 0 Å². The molecule has 0 unspecified atom stereocenters. The number of aryl methyl sites for hydroxylation is 2. The molecule has 8 aromatic carbocycles. The third-order valence-electron chi connectivity index (χ3n) is 11.3. The molecule has 0 N–H and O–H groups in total. The van der Waals surface area contributed by atoms with Gasteiger partial charge in [-0.2, -0.15) is 0 Å². The molecule has 0 bridgehead atoms. The summed E-state index contributed by atoms with van der Waals surface area (Å²) in [5.41, 5.74) is 21.1. The first kappa shape index (κ1) is 30.4. The highest BCUT2D eigenvalue weighted by Gasteiger charge is 2.51. The zero-order valence-corrected chi connectivity index (χ0v) is 29.3. The van der Waals surface area contributed by atoms with Crippen LogP contribution in [0.3, 0.4) is 0 Å². The zero-order valence-electron chi connectivity index (χ0n) is 29.3. The number of benzene rings is 8. The van der Waals surface area contributed by atoms with Crippen LogP contribution in [-0.4, -0.2) is 0 Å². The summed E-state index contributed by atoms with van der Waals surface area (Å²) in [6, 6.07) is 69.7. The van der Waals surface area contributed by atoms with Crippen LogP contribution in [0.5, 0.6) is 0 Å². The van der Waals surface area contributed by atoms with Crippen LogP contribution in [0.15, 0.2) is 188 Å². The molecule has 8 aromatic rings. The van der Waals surface area contributed by atoms with E-state index in [0.29, 0.717) is 0 Å². The predicted octanol–water partition coefficient (Wildman–Crippen LogP) is 13.5. The number of fused-ring (bicyclic) bond motifs is 10. The molecule has 10 rings (SSSR count). The molecule has 0 radical (unpaired) electrons. The largest absolute Gasteiger partial charge is 0.310 e. The van der Waals surface area contributed by atoms with Crippen molar-refractivity contribution in [3.63, 3.8) is 0 Å². The van der Waals surface area contributed by atoms with Gasteiger partial charge in [-0.3, -0.25) is 0 Å². The van der Waals surface area contributed by atoms with E-state index in [0.717, 1.165) is 17.1 Å². The highest BCUT2D eigenvalue weighted by molar-refractivity contribution is 5.97. The van der Waals surface area contributed by atoms with E-state index in [1.807, 2.05) is 0 Å². The summed E-state index contributed by atoms with van der Waals surface area (Å²) in [6.45, 7) is 4.36. The molecule has 2 aliphatic rings. The highest BCUT2D eigenvalue weighted by atomic mass is 15.1. The molecule has 0 heterocycles. The molecule has 2 aliphatic carbocycles. The number of hydrogen-bond donors (Lipinski definition) is 0. The molecule has 0 saturated heterocycles. The average molecular weight is 664 g/mol. The standard InChI is InChI=1S/C51H37N/c1-34-24-25-35(2)45(32-34)37-26-28-38(29-27-37)52(50-23-13-9-16-40(50)36-14-4-3-5-15-36)39-30-31-44-43-19-8-12-22-48(43)51(49(44)33-39)46-20-10-6-17-41(46)42-18-7-11-21-47(42)51/h3-33H,1-2H3. The molecule has 246 valence electrons. The summed E-state index contributed by atoms with van der Waals surface area (Å²) < 4.78 is 0. The maximum absolute atomic E-state index is 2.48. The van der Waals surface area contributed by atoms with Crippen molar-refractivity contribution in [2.24, 2.45) is 0 Å². The molecule has 0 amide bonds. The zero-order chi connectivity index (χ0) is 34.8. The van der Waals surface area contributed by atoms with Gasteiger partial charge in [0.25, 0.3) is 0 Å². The summed E-state index contributed by atoms with van der Waals surface area (Å²) in [5, 5.41) is 0. The van der Waals surface area contributed by atoms with Gasteiger partial charge in [0.05, 0.1) is 11.1 Å². The molecule has 52 heavy (non-hydrogen) atoms. The SMILES string of the molecule is Cc1ccc(C)c(-c2ccc(N(c3ccc4c(c3)C3(c5ccccc5-c5ccccc53)c3ccccc3-4)c3ccccc3-c3ccccc3)cc2)c1. The monoisotopic (exact) mass is 663 g/mol. The van der Waals surface area contributed by atoms with Crippen LogP contribution in [0.4, 0.5) is 17.1 Å². The van der Waals surface area contributed by atoms with Gasteiger partial charge in [-0.25, -0.2) is 0 Å². The third-order valence-corrected chi connectivity index (χ3v) is 11.3. The number of para-hydroxylation sites is 1. The van der Waals surface area contributed by atoms with E-state index in [-0.39, 0.29) is 0 Å². The Bertz CT molecular complexity index is 2580. The molecule has 1 nitrogen and oxygen atoms in total. The van der Waals surface area contributed by atoms with Gasteiger partial charge in [0.15, 0.2) is 0 Å². The van der Waals surface area contributed by atoms with Crippen LogP contribution in [0.1, 0.15) is 33.4 Å². The van der Waals surface area contributed by atoms with Crippen LogP contribution in [0.25, 0.3) is 44.5 Å². The molecule has 0 saturated carbocycles. The summed E-state index contributed by atoms with van der Waals surface area (Å²) in [4.78, 5) is 2.46. The van der Waals surface area contributed by atoms with E-state index in [1.165, 1.54) is 77.9 Å². The smallest absolute Gasteiger partial charge is 0.0726 e. The van der Waals surface area contributed by atoms with Gasteiger partial charge in [0.2, 0.25) is 0 Å². The van der Waals surface area contributed by atoms with Crippen molar-refractivity contribution in [3.8, 4) is 44.5 Å². The number of rotatable bonds is 5. The molecule has 1 spiro atoms. The summed E-state index contributed by atoms with van der Waals surface area (Å²) in [7, 11) is 0. The Morgan fingerprint density at radius 1 is 0.346 bits per heavy atom. The van der Waals surface area contributed by atoms with Crippen molar-refractivity contribution in [1.29, 1.82) is 0 Å². The minimum absolute atomic E-state index is 0.410. The van der Waals surface area contributed by atoms with E-state index >= 15 is 0 Å². The van der Waals surface area contributed by atoms with Crippen molar-refractivity contribution < 1.29 is 0 Å². The van der Waals surface area contributed by atoms with Crippen molar-refractivity contribution in [2.45, 2.75) is 19.3 Å². The molecular weight excluding hydrogens is 627 g/mol. The van der Waals surface area contributed by atoms with Crippen molar-refractivity contribution >= 4 is 17.1 Å². The van der Waals surface area contributed by atoms with Gasteiger partial charge in [0.1, 0.15) is 0 Å². The van der Waals surface area contributed by atoms with E-state index in [1.54, 1.807) is 0 Å². The van der Waals surface area contributed by atoms with Crippen molar-refractivity contribution in [3.05, 3.63) is 221 Å². The quantitative estimate of drug-likeness (QED) is 0.177. The van der Waals surface area contributed by atoms with Gasteiger partial charge in [-0.05, 0) is 111 Å². The first-order valence-electron chi connectivity index (χ1n) is 18.2. The molecule has 0 fully saturated rings. The Hall–Kier alpha value is -6.44. The van der Waals surface area contributed by atoms with Gasteiger partial charge in [-0.15, -0.1) is 0 Å². The van der Waals surface area contributed by atoms with Crippen LogP contribution >= 0.6 is 0 Å². The van der Waals surface area contributed by atoms with Gasteiger partial charge < -0.3 is 4.90 Å². The second-order valence-corrected chi connectivity index (χ2v) is 14.2. The summed E-state index contributed by atoms with van der Waals surface area (Å²) in [6.07, 6.45) is 0. The van der Waals surface area contributed by atoms with Gasteiger partial charge >= 0.3 is 0 Å². The topological polar surface area (TPSA) is 3.24 Å². The molecule has 0 aromatic heterocycles. The Morgan fingerprint density at radius 3 is 1.48 bits per heavy atom. The summed E-state index contributed by atoms with van der Waals surface area (Å²) in [5.74, 6) is 0. The minimum Gasteiger partial charge on any atom is -0.310 e. The highest BCUT2D eigenvalue weighted by Crippen LogP contribution is 2.63. The normalized spacial score (nSPS) is 13.0. The van der Waals surface area contributed by atoms with Crippen LogP contribution in [0, 0.1) is 13.8 Å². The first-order chi connectivity index (χ1) is 25.6. The molecule has 1 heteroatoms. The van der Waals surface area contributed by atoms with E-state index in [2.05, 4.69) is 207 Å². The molecule has 0 aliphatic heterocycles. The fourth-order valence-electron chi connectivity index (χ4n) is 9.02. The van der Waals surface area contributed by atoms with E-state index < -0.39 is 5.41 Å². The fourth-order valence-corrected chi connectivity index (χ4v) is 9.02. The second-order valence-electron chi connectivity index (χ2n) is 14.2. The predicted molar refractivity (Wildman–Crippen MR) is 218 cm³/mol.